The van der Waals surface area contributed by atoms with Crippen LogP contribution in [-0.4, -0.2) is 10.2 Å². The maximum Gasteiger partial charge on any atom is 0.194 e. The summed E-state index contributed by atoms with van der Waals surface area (Å²) in [6, 6.07) is 6.78. The monoisotopic (exact) mass is 288 g/mol. The van der Waals surface area contributed by atoms with Crippen LogP contribution < -0.4 is 4.74 Å². The van der Waals surface area contributed by atoms with Crippen LogP contribution >= 0.6 is 34.8 Å². The molecule has 88 valence electrons. The molecule has 0 fully saturated rings. The van der Waals surface area contributed by atoms with Crippen molar-refractivity contribution < 1.29 is 4.74 Å². The summed E-state index contributed by atoms with van der Waals surface area (Å²) >= 11 is 17.4. The zero-order chi connectivity index (χ0) is 12.4. The molecule has 0 unspecified atom stereocenters. The van der Waals surface area contributed by atoms with Gasteiger partial charge < -0.3 is 4.74 Å². The first kappa shape index (κ1) is 12.4. The average molecular weight is 290 g/mol. The number of hydrogen-bond acceptors (Lipinski definition) is 3. The summed E-state index contributed by atoms with van der Waals surface area (Å²) in [5.74, 6) is 0.998. The van der Waals surface area contributed by atoms with Gasteiger partial charge in [-0.2, -0.15) is 0 Å². The lowest BCUT2D eigenvalue weighted by atomic mass is 10.2. The van der Waals surface area contributed by atoms with Gasteiger partial charge in [0.1, 0.15) is 5.75 Å². The third kappa shape index (κ3) is 3.00. The standard InChI is InChI=1S/C11H7Cl3N2O/c1-6-4-7(12)2-3-8(6)17-9-5-10(13)15-16-11(9)14/h2-5H,1H3. The van der Waals surface area contributed by atoms with E-state index < -0.39 is 0 Å². The van der Waals surface area contributed by atoms with Crippen LogP contribution in [0.25, 0.3) is 0 Å². The van der Waals surface area contributed by atoms with Gasteiger partial charge in [-0.25, -0.2) is 0 Å². The molecule has 0 aliphatic heterocycles. The van der Waals surface area contributed by atoms with E-state index in [0.717, 1.165) is 5.56 Å². The van der Waals surface area contributed by atoms with Crippen LogP contribution in [0.2, 0.25) is 15.3 Å². The third-order valence-electron chi connectivity index (χ3n) is 2.04. The number of ether oxygens (including phenoxy) is 1. The molecule has 0 saturated carbocycles. The van der Waals surface area contributed by atoms with Gasteiger partial charge in [-0.3, -0.25) is 0 Å². The predicted molar refractivity (Wildman–Crippen MR) is 68.3 cm³/mol. The molecule has 0 saturated heterocycles. The Bertz CT molecular complexity index is 560. The highest BCUT2D eigenvalue weighted by Crippen LogP contribution is 2.31. The topological polar surface area (TPSA) is 35.0 Å². The summed E-state index contributed by atoms with van der Waals surface area (Å²) in [5, 5.41) is 8.27. The summed E-state index contributed by atoms with van der Waals surface area (Å²) in [4.78, 5) is 0. The van der Waals surface area contributed by atoms with Gasteiger partial charge in [0.15, 0.2) is 16.1 Å². The highest BCUT2D eigenvalue weighted by Gasteiger charge is 2.08. The molecule has 0 bridgehead atoms. The van der Waals surface area contributed by atoms with Crippen molar-refractivity contribution in [1.29, 1.82) is 0 Å². The zero-order valence-electron chi connectivity index (χ0n) is 8.75. The minimum atomic E-state index is 0.156. The van der Waals surface area contributed by atoms with E-state index >= 15 is 0 Å². The molecule has 0 atom stereocenters. The molecule has 3 nitrogen and oxygen atoms in total. The van der Waals surface area contributed by atoms with E-state index in [1.165, 1.54) is 6.07 Å². The molecule has 0 N–H and O–H groups in total. The largest absolute Gasteiger partial charge is 0.454 e. The van der Waals surface area contributed by atoms with E-state index in [-0.39, 0.29) is 10.3 Å². The van der Waals surface area contributed by atoms with Gasteiger partial charge in [-0.15, -0.1) is 10.2 Å². The summed E-state index contributed by atoms with van der Waals surface area (Å²) < 4.78 is 5.60. The fraction of sp³-hybridized carbons (Fsp3) is 0.0909. The van der Waals surface area contributed by atoms with Crippen LogP contribution in [0.15, 0.2) is 24.3 Å². The minimum absolute atomic E-state index is 0.156. The van der Waals surface area contributed by atoms with Gasteiger partial charge in [0.05, 0.1) is 0 Å². The Morgan fingerprint density at radius 1 is 1.00 bits per heavy atom. The minimum Gasteiger partial charge on any atom is -0.454 e. The van der Waals surface area contributed by atoms with E-state index in [9.17, 15) is 0 Å². The van der Waals surface area contributed by atoms with Crippen molar-refractivity contribution in [3.05, 3.63) is 45.2 Å². The van der Waals surface area contributed by atoms with E-state index in [1.807, 2.05) is 6.92 Å². The van der Waals surface area contributed by atoms with Gasteiger partial charge in [0.2, 0.25) is 0 Å². The molecule has 0 radical (unpaired) electrons. The fourth-order valence-electron chi connectivity index (χ4n) is 1.25. The fourth-order valence-corrected chi connectivity index (χ4v) is 1.75. The van der Waals surface area contributed by atoms with Crippen LogP contribution in [-0.2, 0) is 0 Å². The number of halogens is 3. The summed E-state index contributed by atoms with van der Waals surface area (Å²) in [6.45, 7) is 1.88. The number of aromatic nitrogens is 2. The van der Waals surface area contributed by atoms with E-state index in [0.29, 0.717) is 16.5 Å². The summed E-state index contributed by atoms with van der Waals surface area (Å²) in [7, 11) is 0. The van der Waals surface area contributed by atoms with E-state index in [2.05, 4.69) is 10.2 Å². The van der Waals surface area contributed by atoms with Gasteiger partial charge in [0.25, 0.3) is 0 Å². The molecule has 1 aromatic carbocycles. The van der Waals surface area contributed by atoms with Crippen molar-refractivity contribution in [2.45, 2.75) is 6.92 Å². The number of benzene rings is 1. The number of hydrogen-bond donors (Lipinski definition) is 0. The molecule has 0 aliphatic carbocycles. The molecular weight excluding hydrogens is 282 g/mol. The molecular formula is C11H7Cl3N2O. The van der Waals surface area contributed by atoms with Crippen LogP contribution in [0.4, 0.5) is 0 Å². The van der Waals surface area contributed by atoms with Crippen molar-refractivity contribution in [1.82, 2.24) is 10.2 Å². The second-order valence-corrected chi connectivity index (χ2v) is 4.52. The molecule has 0 aliphatic rings. The number of aryl methyl sites for hydroxylation is 1. The molecule has 1 aromatic heterocycles. The van der Waals surface area contributed by atoms with Gasteiger partial charge in [-0.1, -0.05) is 34.8 Å². The van der Waals surface area contributed by atoms with Crippen LogP contribution in [0, 0.1) is 6.92 Å². The first-order valence-electron chi connectivity index (χ1n) is 4.69. The van der Waals surface area contributed by atoms with Gasteiger partial charge in [-0.05, 0) is 30.7 Å². The van der Waals surface area contributed by atoms with Crippen molar-refractivity contribution in [3.63, 3.8) is 0 Å². The van der Waals surface area contributed by atoms with Crippen molar-refractivity contribution in [2.24, 2.45) is 0 Å². The molecule has 0 spiro atoms. The Balaban J connectivity index is 2.34. The third-order valence-corrected chi connectivity index (χ3v) is 2.73. The average Bonchev–Trinajstić information content (AvgIpc) is 2.27. The zero-order valence-corrected chi connectivity index (χ0v) is 11.0. The van der Waals surface area contributed by atoms with Crippen molar-refractivity contribution in [2.75, 3.05) is 0 Å². The Labute approximate surface area is 113 Å². The van der Waals surface area contributed by atoms with Crippen molar-refractivity contribution >= 4 is 34.8 Å². The first-order valence-corrected chi connectivity index (χ1v) is 5.82. The number of nitrogens with zero attached hydrogens (tertiary/aromatic N) is 2. The Morgan fingerprint density at radius 3 is 2.47 bits per heavy atom. The summed E-state index contributed by atoms with van der Waals surface area (Å²) in [6.07, 6.45) is 0. The predicted octanol–water partition coefficient (Wildman–Crippen LogP) is 4.54. The Hall–Kier alpha value is -1.03. The van der Waals surface area contributed by atoms with Crippen LogP contribution in [0.1, 0.15) is 5.56 Å². The molecule has 2 aromatic rings. The SMILES string of the molecule is Cc1cc(Cl)ccc1Oc1cc(Cl)nnc1Cl. The van der Waals surface area contributed by atoms with E-state index in [4.69, 9.17) is 39.5 Å². The second kappa shape index (κ2) is 5.08. The maximum absolute atomic E-state index is 5.85. The highest BCUT2D eigenvalue weighted by molar-refractivity contribution is 6.32. The molecule has 6 heteroatoms. The smallest absolute Gasteiger partial charge is 0.194 e. The summed E-state index contributed by atoms with van der Waals surface area (Å²) in [5.41, 5.74) is 0.890. The maximum atomic E-state index is 5.85. The Morgan fingerprint density at radius 2 is 1.76 bits per heavy atom. The lowest BCUT2D eigenvalue weighted by Gasteiger charge is -2.09. The molecule has 2 rings (SSSR count). The lowest BCUT2D eigenvalue weighted by Crippen LogP contribution is -1.92. The van der Waals surface area contributed by atoms with Crippen LogP contribution in [0.3, 0.4) is 0 Å². The van der Waals surface area contributed by atoms with Gasteiger partial charge >= 0.3 is 0 Å². The van der Waals surface area contributed by atoms with Gasteiger partial charge in [0, 0.05) is 11.1 Å². The number of rotatable bonds is 2. The molecule has 17 heavy (non-hydrogen) atoms. The second-order valence-electron chi connectivity index (χ2n) is 3.33. The quantitative estimate of drug-likeness (QED) is 0.814. The highest BCUT2D eigenvalue weighted by atomic mass is 35.5. The van der Waals surface area contributed by atoms with Crippen molar-refractivity contribution in [3.8, 4) is 11.5 Å². The molecule has 0 amide bonds. The van der Waals surface area contributed by atoms with Crippen LogP contribution in [0.5, 0.6) is 11.5 Å². The normalized spacial score (nSPS) is 10.4. The first-order chi connectivity index (χ1) is 8.06. The lowest BCUT2D eigenvalue weighted by molar-refractivity contribution is 0.475. The van der Waals surface area contributed by atoms with E-state index in [1.54, 1.807) is 18.2 Å². The molecule has 1 heterocycles. The Kier molecular flexibility index (Phi) is 3.72.